The first kappa shape index (κ1) is 25.9. The molecule has 4 rings (SSSR count). The first-order valence-electron chi connectivity index (χ1n) is 11.3. The molecule has 2 aromatic heterocycles. The van der Waals surface area contributed by atoms with Crippen molar-refractivity contribution in [1.82, 2.24) is 30.1 Å². The van der Waals surface area contributed by atoms with Crippen LogP contribution >= 0.6 is 0 Å². The third-order valence-corrected chi connectivity index (χ3v) is 5.50. The number of halogens is 3. The maximum atomic E-state index is 12.8. The van der Waals surface area contributed by atoms with Crippen LogP contribution in [0.4, 0.5) is 13.2 Å². The predicted octanol–water partition coefficient (Wildman–Crippen LogP) is 4.03. The fourth-order valence-corrected chi connectivity index (χ4v) is 3.45. The molecule has 0 aliphatic carbocycles. The average molecular weight is 515 g/mol. The smallest absolute Gasteiger partial charge is 0.416 e. The van der Waals surface area contributed by atoms with Crippen molar-refractivity contribution in [3.8, 4) is 28.6 Å². The van der Waals surface area contributed by atoms with Crippen LogP contribution in [0.3, 0.4) is 0 Å². The second-order valence-electron chi connectivity index (χ2n) is 8.50. The summed E-state index contributed by atoms with van der Waals surface area (Å²) in [7, 11) is 5.55. The minimum atomic E-state index is -4.42. The predicted molar refractivity (Wildman–Crippen MR) is 129 cm³/mol. The van der Waals surface area contributed by atoms with Crippen LogP contribution in [0.25, 0.3) is 22.8 Å². The number of hydrogen-bond acceptors (Lipinski definition) is 7. The van der Waals surface area contributed by atoms with Crippen molar-refractivity contribution in [3.05, 3.63) is 71.5 Å². The van der Waals surface area contributed by atoms with E-state index in [4.69, 9.17) is 9.26 Å². The van der Waals surface area contributed by atoms with Gasteiger partial charge in [-0.1, -0.05) is 17.3 Å². The van der Waals surface area contributed by atoms with E-state index in [2.05, 4.69) is 20.6 Å². The van der Waals surface area contributed by atoms with Crippen molar-refractivity contribution in [2.75, 3.05) is 27.2 Å². The van der Waals surface area contributed by atoms with Gasteiger partial charge in [-0.25, -0.2) is 0 Å². The highest BCUT2D eigenvalue weighted by Crippen LogP contribution is 2.31. The molecule has 12 heteroatoms. The highest BCUT2D eigenvalue weighted by atomic mass is 19.4. The summed E-state index contributed by atoms with van der Waals surface area (Å²) in [6.45, 7) is 1.24. The maximum absolute atomic E-state index is 12.8. The van der Waals surface area contributed by atoms with E-state index in [0.29, 0.717) is 28.9 Å². The molecule has 37 heavy (non-hydrogen) atoms. The first-order valence-corrected chi connectivity index (χ1v) is 11.3. The number of carbonyl (C=O) groups is 1. The number of nitrogens with zero attached hydrogens (tertiary/aromatic N) is 5. The molecule has 0 fully saturated rings. The lowest BCUT2D eigenvalue weighted by Gasteiger charge is -2.10. The van der Waals surface area contributed by atoms with Crippen LogP contribution in [0.5, 0.6) is 5.75 Å². The van der Waals surface area contributed by atoms with Gasteiger partial charge in [0.15, 0.2) is 0 Å². The number of aromatic nitrogens is 4. The lowest BCUT2D eigenvalue weighted by Crippen LogP contribution is -2.31. The van der Waals surface area contributed by atoms with Crippen LogP contribution in [0, 0.1) is 0 Å². The van der Waals surface area contributed by atoms with Crippen molar-refractivity contribution in [3.63, 3.8) is 0 Å². The van der Waals surface area contributed by atoms with E-state index in [1.807, 2.05) is 19.0 Å². The van der Waals surface area contributed by atoms with Crippen molar-refractivity contribution in [2.24, 2.45) is 7.05 Å². The summed E-state index contributed by atoms with van der Waals surface area (Å²) >= 11 is 0. The Morgan fingerprint density at radius 1 is 1.16 bits per heavy atom. The molecule has 0 atom stereocenters. The van der Waals surface area contributed by atoms with Gasteiger partial charge >= 0.3 is 6.18 Å². The van der Waals surface area contributed by atoms with E-state index in [1.54, 1.807) is 36.0 Å². The maximum Gasteiger partial charge on any atom is 0.416 e. The Morgan fingerprint density at radius 3 is 2.62 bits per heavy atom. The van der Waals surface area contributed by atoms with Crippen LogP contribution in [0.2, 0.25) is 0 Å². The summed E-state index contributed by atoms with van der Waals surface area (Å²) in [4.78, 5) is 18.9. The van der Waals surface area contributed by atoms with E-state index in [1.165, 1.54) is 18.3 Å². The monoisotopic (exact) mass is 514 g/mol. The van der Waals surface area contributed by atoms with Crippen molar-refractivity contribution in [2.45, 2.75) is 12.8 Å². The van der Waals surface area contributed by atoms with Gasteiger partial charge in [0.1, 0.15) is 12.4 Å². The molecule has 1 amide bonds. The molecule has 1 N–H and O–H groups in total. The van der Waals surface area contributed by atoms with Crippen molar-refractivity contribution < 1.29 is 27.2 Å². The SMILES string of the molecule is CN(C)CCNC(=O)c1cccc(-c2noc(-c3cnn(C)c3COc3ccc(C(F)(F)F)cc3)n2)c1. The fraction of sp³-hybridized carbons (Fsp3) is 0.280. The molecule has 0 saturated carbocycles. The highest BCUT2D eigenvalue weighted by Gasteiger charge is 2.30. The Kier molecular flexibility index (Phi) is 7.58. The normalized spacial score (nSPS) is 11.6. The van der Waals surface area contributed by atoms with Crippen LogP contribution in [-0.4, -0.2) is 57.9 Å². The second kappa shape index (κ2) is 10.8. The van der Waals surface area contributed by atoms with E-state index in [-0.39, 0.29) is 30.0 Å². The minimum Gasteiger partial charge on any atom is -0.487 e. The lowest BCUT2D eigenvalue weighted by molar-refractivity contribution is -0.137. The molecule has 0 radical (unpaired) electrons. The molecule has 9 nitrogen and oxygen atoms in total. The highest BCUT2D eigenvalue weighted by molar-refractivity contribution is 5.95. The summed E-state index contributed by atoms with van der Waals surface area (Å²) in [6, 6.07) is 11.3. The summed E-state index contributed by atoms with van der Waals surface area (Å²) in [5, 5.41) is 11.1. The average Bonchev–Trinajstić information content (AvgIpc) is 3.49. The number of benzene rings is 2. The van der Waals surface area contributed by atoms with E-state index < -0.39 is 11.7 Å². The third-order valence-electron chi connectivity index (χ3n) is 5.50. The summed E-state index contributed by atoms with van der Waals surface area (Å²) < 4.78 is 51.0. The van der Waals surface area contributed by atoms with Gasteiger partial charge in [0.25, 0.3) is 11.8 Å². The Bertz CT molecular complexity index is 1360. The molecule has 0 saturated heterocycles. The van der Waals surface area contributed by atoms with Crippen LogP contribution in [0.15, 0.2) is 59.3 Å². The van der Waals surface area contributed by atoms with Gasteiger partial charge < -0.3 is 19.5 Å². The molecular weight excluding hydrogens is 489 g/mol. The Morgan fingerprint density at radius 2 is 1.92 bits per heavy atom. The number of likely N-dealkylation sites (N-methyl/N-ethyl adjacent to an activating group) is 1. The molecule has 0 aliphatic rings. The van der Waals surface area contributed by atoms with Crippen molar-refractivity contribution >= 4 is 5.91 Å². The number of hydrogen-bond donors (Lipinski definition) is 1. The topological polar surface area (TPSA) is 98.3 Å². The van der Waals surface area contributed by atoms with Gasteiger partial charge in [-0.3, -0.25) is 9.48 Å². The Labute approximate surface area is 210 Å². The van der Waals surface area contributed by atoms with Crippen LogP contribution < -0.4 is 10.1 Å². The Balaban J connectivity index is 1.48. The molecule has 2 aromatic carbocycles. The van der Waals surface area contributed by atoms with E-state index >= 15 is 0 Å². The van der Waals surface area contributed by atoms with E-state index in [9.17, 15) is 18.0 Å². The molecule has 0 aliphatic heterocycles. The van der Waals surface area contributed by atoms with Gasteiger partial charge in [0.2, 0.25) is 5.82 Å². The third kappa shape index (κ3) is 6.33. The molecule has 2 heterocycles. The van der Waals surface area contributed by atoms with Crippen molar-refractivity contribution in [1.29, 1.82) is 0 Å². The Hall–Kier alpha value is -4.19. The van der Waals surface area contributed by atoms with Crippen LogP contribution in [-0.2, 0) is 19.8 Å². The standard InChI is InChI=1S/C25H25F3N6O3/c1-33(2)12-11-29-23(35)17-6-4-5-16(13-17)22-31-24(37-32-22)20-14-30-34(3)21(20)15-36-19-9-7-18(8-10-19)25(26,27)28/h4-10,13-14H,11-12,15H2,1-3H3,(H,29,35). The van der Waals surface area contributed by atoms with Gasteiger partial charge in [-0.2, -0.15) is 23.3 Å². The second-order valence-corrected chi connectivity index (χ2v) is 8.50. The molecule has 0 unspecified atom stereocenters. The molecule has 194 valence electrons. The zero-order valence-corrected chi connectivity index (χ0v) is 20.4. The first-order chi connectivity index (χ1) is 17.6. The fourth-order valence-electron chi connectivity index (χ4n) is 3.45. The number of rotatable bonds is 9. The van der Waals surface area contributed by atoms with Gasteiger partial charge in [0.05, 0.1) is 23.0 Å². The van der Waals surface area contributed by atoms with Gasteiger partial charge in [0, 0.05) is 31.3 Å². The van der Waals surface area contributed by atoms with E-state index in [0.717, 1.165) is 18.7 Å². The van der Waals surface area contributed by atoms with Gasteiger partial charge in [-0.05, 0) is 50.5 Å². The lowest BCUT2D eigenvalue weighted by atomic mass is 10.1. The quantitative estimate of drug-likeness (QED) is 0.360. The number of carbonyl (C=O) groups excluding carboxylic acids is 1. The molecular formula is C25H25F3N6O3. The molecule has 4 aromatic rings. The number of amides is 1. The molecule has 0 spiro atoms. The largest absolute Gasteiger partial charge is 0.487 e. The molecule has 0 bridgehead atoms. The number of alkyl halides is 3. The minimum absolute atomic E-state index is 0.0114. The zero-order valence-electron chi connectivity index (χ0n) is 20.4. The number of nitrogens with one attached hydrogen (secondary N) is 1. The summed E-state index contributed by atoms with van der Waals surface area (Å²) in [5.41, 5.74) is 1.42. The number of ether oxygens (including phenoxy) is 1. The summed E-state index contributed by atoms with van der Waals surface area (Å²) in [6.07, 6.45) is -2.88. The zero-order chi connectivity index (χ0) is 26.6. The van der Waals surface area contributed by atoms with Gasteiger partial charge in [-0.15, -0.1) is 0 Å². The van der Waals surface area contributed by atoms with Crippen LogP contribution in [0.1, 0.15) is 21.6 Å². The number of aryl methyl sites for hydroxylation is 1. The summed E-state index contributed by atoms with van der Waals surface area (Å²) in [5.74, 6) is 0.542.